The van der Waals surface area contributed by atoms with Crippen molar-refractivity contribution in [2.45, 2.75) is 44.7 Å². The van der Waals surface area contributed by atoms with Crippen LogP contribution in [0.25, 0.3) is 10.7 Å². The smallest absolute Gasteiger partial charge is 0.357 e. The molecule has 1 N–H and O–H groups in total. The monoisotopic (exact) mass is 493 g/mol. The number of hydrogen-bond acceptors (Lipinski definition) is 7. The summed E-state index contributed by atoms with van der Waals surface area (Å²) in [5.41, 5.74) is -0.759. The Labute approximate surface area is 199 Å². The maximum atomic E-state index is 12.7. The lowest BCUT2D eigenvalue weighted by Gasteiger charge is -2.32. The van der Waals surface area contributed by atoms with Gasteiger partial charge in [0, 0.05) is 38.2 Å². The van der Waals surface area contributed by atoms with Gasteiger partial charge in [-0.05, 0) is 49.3 Å². The Kier molecular flexibility index (Phi) is 7.81. The second-order valence-electron chi connectivity index (χ2n) is 8.25. The Morgan fingerprint density at radius 1 is 1.18 bits per heavy atom. The van der Waals surface area contributed by atoms with E-state index in [0.717, 1.165) is 36.4 Å². The van der Waals surface area contributed by atoms with Crippen LogP contribution in [0.1, 0.15) is 43.6 Å². The van der Waals surface area contributed by atoms with Crippen molar-refractivity contribution in [2.24, 2.45) is 5.92 Å². The maximum Gasteiger partial charge on any atom is 0.417 e. The molecule has 0 aliphatic carbocycles. The van der Waals surface area contributed by atoms with E-state index in [1.807, 2.05) is 22.4 Å². The average Bonchev–Trinajstić information content (AvgIpc) is 3.53. The van der Waals surface area contributed by atoms with Gasteiger partial charge in [-0.1, -0.05) is 17.6 Å². The molecule has 0 unspecified atom stereocenters. The Morgan fingerprint density at radius 2 is 2.00 bits per heavy atom. The van der Waals surface area contributed by atoms with Crippen molar-refractivity contribution in [1.82, 2.24) is 20.4 Å². The van der Waals surface area contributed by atoms with Gasteiger partial charge in [0.2, 0.25) is 17.6 Å². The number of nitrogens with zero attached hydrogens (tertiary/aromatic N) is 4. The van der Waals surface area contributed by atoms with E-state index in [2.05, 4.69) is 20.4 Å². The van der Waals surface area contributed by atoms with Crippen LogP contribution in [0.5, 0.6) is 0 Å². The quantitative estimate of drug-likeness (QED) is 0.425. The van der Waals surface area contributed by atoms with Crippen molar-refractivity contribution in [3.8, 4) is 10.7 Å². The number of halogens is 3. The van der Waals surface area contributed by atoms with Crippen LogP contribution in [0, 0.1) is 5.92 Å². The SMILES string of the molecule is O=C(NCCCCCc1nc(-c2cccs2)no1)C1CCN(c2ccc(C(F)(F)F)cn2)CC1. The summed E-state index contributed by atoms with van der Waals surface area (Å²) in [4.78, 5) is 23.7. The van der Waals surface area contributed by atoms with Crippen molar-refractivity contribution in [1.29, 1.82) is 0 Å². The molecular weight excluding hydrogens is 467 g/mol. The van der Waals surface area contributed by atoms with Gasteiger partial charge in [0.1, 0.15) is 5.82 Å². The highest BCUT2D eigenvalue weighted by Gasteiger charge is 2.31. The number of anilines is 1. The molecule has 0 aromatic carbocycles. The highest BCUT2D eigenvalue weighted by Crippen LogP contribution is 2.30. The van der Waals surface area contributed by atoms with E-state index in [4.69, 9.17) is 4.52 Å². The predicted molar refractivity (Wildman–Crippen MR) is 122 cm³/mol. The van der Waals surface area contributed by atoms with Gasteiger partial charge in [-0.2, -0.15) is 18.2 Å². The number of piperidine rings is 1. The van der Waals surface area contributed by atoms with Gasteiger partial charge in [-0.15, -0.1) is 11.3 Å². The van der Waals surface area contributed by atoms with Gasteiger partial charge in [-0.25, -0.2) is 4.98 Å². The van der Waals surface area contributed by atoms with Crippen LogP contribution in [0.2, 0.25) is 0 Å². The zero-order valence-corrected chi connectivity index (χ0v) is 19.4. The van der Waals surface area contributed by atoms with E-state index in [-0.39, 0.29) is 11.8 Å². The van der Waals surface area contributed by atoms with Crippen LogP contribution in [0.3, 0.4) is 0 Å². The molecule has 3 aromatic heterocycles. The molecule has 1 aliphatic rings. The second-order valence-corrected chi connectivity index (χ2v) is 9.20. The van der Waals surface area contributed by atoms with Crippen molar-refractivity contribution < 1.29 is 22.5 Å². The van der Waals surface area contributed by atoms with Gasteiger partial charge >= 0.3 is 6.18 Å². The summed E-state index contributed by atoms with van der Waals surface area (Å²) in [6.45, 7) is 1.80. The number of carbonyl (C=O) groups is 1. The first kappa shape index (κ1) is 24.2. The highest BCUT2D eigenvalue weighted by atomic mass is 32.1. The molecule has 34 heavy (non-hydrogen) atoms. The van der Waals surface area contributed by atoms with Crippen LogP contribution >= 0.6 is 11.3 Å². The number of amides is 1. The summed E-state index contributed by atoms with van der Waals surface area (Å²) in [5, 5.41) is 8.98. The molecule has 3 aromatic rings. The van der Waals surface area contributed by atoms with Crippen molar-refractivity contribution in [3.63, 3.8) is 0 Å². The molecule has 0 saturated carbocycles. The summed E-state index contributed by atoms with van der Waals surface area (Å²) < 4.78 is 43.4. The molecular formula is C23H26F3N5O2S. The summed E-state index contributed by atoms with van der Waals surface area (Å²) in [6, 6.07) is 6.34. The largest absolute Gasteiger partial charge is 0.417 e. The third kappa shape index (κ3) is 6.34. The molecule has 1 amide bonds. The molecule has 0 atom stereocenters. The normalized spacial score (nSPS) is 15.0. The Bertz CT molecular complexity index is 1050. The van der Waals surface area contributed by atoms with Crippen LogP contribution < -0.4 is 10.2 Å². The molecule has 0 radical (unpaired) electrons. The van der Waals surface area contributed by atoms with Crippen LogP contribution in [-0.4, -0.2) is 40.7 Å². The van der Waals surface area contributed by atoms with Crippen molar-refractivity contribution >= 4 is 23.1 Å². The number of nitrogens with one attached hydrogen (secondary N) is 1. The standard InChI is InChI=1S/C23H26F3N5O2S/c24-23(25,26)17-7-8-19(28-15-17)31-12-9-16(10-13-31)22(32)27-11-3-1-2-6-20-29-21(30-33-20)18-5-4-14-34-18/h4-5,7-8,14-16H,1-3,6,9-13H2,(H,27,32). The lowest BCUT2D eigenvalue weighted by atomic mass is 9.96. The van der Waals surface area contributed by atoms with Gasteiger partial charge in [0.25, 0.3) is 0 Å². The molecule has 0 spiro atoms. The van der Waals surface area contributed by atoms with Gasteiger partial charge in [-0.3, -0.25) is 4.79 Å². The Hall–Kier alpha value is -2.95. The van der Waals surface area contributed by atoms with E-state index in [1.165, 1.54) is 6.07 Å². The number of alkyl halides is 3. The first-order chi connectivity index (χ1) is 16.4. The lowest BCUT2D eigenvalue weighted by molar-refractivity contribution is -0.137. The topological polar surface area (TPSA) is 84.2 Å². The van der Waals surface area contributed by atoms with Gasteiger partial charge < -0.3 is 14.7 Å². The van der Waals surface area contributed by atoms with Crippen LogP contribution in [0.4, 0.5) is 19.0 Å². The summed E-state index contributed by atoms with van der Waals surface area (Å²) in [7, 11) is 0. The molecule has 1 saturated heterocycles. The Morgan fingerprint density at radius 3 is 2.68 bits per heavy atom. The predicted octanol–water partition coefficient (Wildman–Crippen LogP) is 4.96. The van der Waals surface area contributed by atoms with E-state index in [1.54, 1.807) is 11.3 Å². The van der Waals surface area contributed by atoms with Crippen LogP contribution in [-0.2, 0) is 17.4 Å². The van der Waals surface area contributed by atoms with E-state index >= 15 is 0 Å². The summed E-state index contributed by atoms with van der Waals surface area (Å²) >= 11 is 1.57. The fourth-order valence-electron chi connectivity index (χ4n) is 3.91. The summed E-state index contributed by atoms with van der Waals surface area (Å²) in [6.07, 6.45) is 1.19. The van der Waals surface area contributed by atoms with Crippen molar-refractivity contribution in [3.05, 3.63) is 47.3 Å². The molecule has 1 aliphatic heterocycles. The van der Waals surface area contributed by atoms with Gasteiger partial charge in [0.05, 0.1) is 10.4 Å². The molecule has 182 valence electrons. The molecule has 4 heterocycles. The fraction of sp³-hybridized carbons (Fsp3) is 0.478. The van der Waals surface area contributed by atoms with E-state index < -0.39 is 11.7 Å². The van der Waals surface area contributed by atoms with Crippen molar-refractivity contribution in [2.75, 3.05) is 24.5 Å². The number of hydrogen-bond donors (Lipinski definition) is 1. The third-order valence-corrected chi connectivity index (χ3v) is 6.71. The number of pyridine rings is 1. The lowest BCUT2D eigenvalue weighted by Crippen LogP contribution is -2.41. The Balaban J connectivity index is 1.10. The van der Waals surface area contributed by atoms with E-state index in [0.29, 0.717) is 56.4 Å². The number of thiophene rings is 1. The highest BCUT2D eigenvalue weighted by molar-refractivity contribution is 7.13. The third-order valence-electron chi connectivity index (χ3n) is 5.84. The molecule has 11 heteroatoms. The minimum Gasteiger partial charge on any atom is -0.357 e. The second kappa shape index (κ2) is 11.0. The average molecular weight is 494 g/mol. The fourth-order valence-corrected chi connectivity index (χ4v) is 4.56. The number of unbranched alkanes of at least 4 members (excludes halogenated alkanes) is 2. The minimum absolute atomic E-state index is 0.0394. The molecule has 4 rings (SSSR count). The van der Waals surface area contributed by atoms with E-state index in [9.17, 15) is 18.0 Å². The zero-order valence-electron chi connectivity index (χ0n) is 18.6. The maximum absolute atomic E-state index is 12.7. The molecule has 7 nitrogen and oxygen atoms in total. The zero-order chi connectivity index (χ0) is 24.0. The molecule has 1 fully saturated rings. The number of rotatable bonds is 9. The van der Waals surface area contributed by atoms with Crippen LogP contribution in [0.15, 0.2) is 40.4 Å². The minimum atomic E-state index is -4.39. The van der Waals surface area contributed by atoms with Gasteiger partial charge in [0.15, 0.2) is 0 Å². The number of aromatic nitrogens is 3. The summed E-state index contributed by atoms with van der Waals surface area (Å²) in [5.74, 6) is 1.71. The number of carbonyl (C=O) groups excluding carboxylic acids is 1. The molecule has 0 bridgehead atoms. The first-order valence-electron chi connectivity index (χ1n) is 11.3. The number of aryl methyl sites for hydroxylation is 1. The first-order valence-corrected chi connectivity index (χ1v) is 12.2.